The predicted octanol–water partition coefficient (Wildman–Crippen LogP) is 1.34. The van der Waals surface area contributed by atoms with Crippen molar-refractivity contribution in [2.24, 2.45) is 0 Å². The van der Waals surface area contributed by atoms with E-state index in [2.05, 4.69) is 5.32 Å². The highest BCUT2D eigenvalue weighted by molar-refractivity contribution is 6.36. The fourth-order valence-electron chi connectivity index (χ4n) is 5.97. The van der Waals surface area contributed by atoms with Crippen molar-refractivity contribution in [2.45, 2.75) is 88.7 Å². The van der Waals surface area contributed by atoms with E-state index >= 15 is 0 Å². The van der Waals surface area contributed by atoms with Crippen molar-refractivity contribution in [2.75, 3.05) is 20.3 Å². The van der Waals surface area contributed by atoms with E-state index in [-0.39, 0.29) is 37.8 Å². The van der Waals surface area contributed by atoms with Crippen LogP contribution in [0, 0.1) is 0 Å². The molecule has 0 aromatic heterocycles. The lowest BCUT2D eigenvalue weighted by molar-refractivity contribution is -0.151. The number of carbonyl (C=O) groups is 3. The third-order valence-corrected chi connectivity index (χ3v) is 7.83. The molecule has 4 atom stereocenters. The summed E-state index contributed by atoms with van der Waals surface area (Å²) in [6, 6.07) is 2.14. The second kappa shape index (κ2) is 12.3. The van der Waals surface area contributed by atoms with Crippen LogP contribution in [-0.2, 0) is 21.0 Å². The van der Waals surface area contributed by atoms with E-state index < -0.39 is 41.8 Å². The smallest absolute Gasteiger partial charge is 0.290 e. The van der Waals surface area contributed by atoms with Gasteiger partial charge < -0.3 is 35.0 Å². The molecule has 4 unspecified atom stereocenters. The number of carbonyl (C=O) groups excluding carboxylic acids is 3. The van der Waals surface area contributed by atoms with Gasteiger partial charge >= 0.3 is 0 Å². The first-order chi connectivity index (χ1) is 18.4. The molecule has 0 radical (unpaired) electrons. The summed E-state index contributed by atoms with van der Waals surface area (Å²) in [5.74, 6) is -1.67. The number of nitrogens with one attached hydrogen (secondary N) is 1. The van der Waals surface area contributed by atoms with Gasteiger partial charge in [0.2, 0.25) is 11.7 Å². The summed E-state index contributed by atoms with van der Waals surface area (Å²) >= 11 is 0. The van der Waals surface area contributed by atoms with Crippen LogP contribution in [0.2, 0.25) is 0 Å². The van der Waals surface area contributed by atoms with Gasteiger partial charge in [-0.3, -0.25) is 14.4 Å². The van der Waals surface area contributed by atoms with Gasteiger partial charge in [-0.25, -0.2) is 0 Å². The standard InChI is InChI=1S/C28H38N2O8/c1-3-21(33)28(36)30(17-8-6-4-5-7-9-17)20-14-19(27(35)29-10-11-31)23-18-12-16(15-32)13-22(37-2)25(18)38-26(23)24(20)34/h12-14,17,20,23-24,26,31-32,34H,3-11,15H2,1-2H3,(H,29,35). The largest absolute Gasteiger partial charge is 0.493 e. The van der Waals surface area contributed by atoms with E-state index in [9.17, 15) is 29.7 Å². The fourth-order valence-corrected chi connectivity index (χ4v) is 5.97. The van der Waals surface area contributed by atoms with Crippen molar-refractivity contribution in [1.29, 1.82) is 0 Å². The van der Waals surface area contributed by atoms with Crippen LogP contribution >= 0.6 is 0 Å². The number of rotatable bonds is 9. The molecule has 0 spiro atoms. The normalized spacial score (nSPS) is 24.8. The maximum atomic E-state index is 13.5. The molecule has 1 aromatic rings. The minimum absolute atomic E-state index is 0.0219. The second-order valence-electron chi connectivity index (χ2n) is 10.2. The molecular formula is C28H38N2O8. The first kappa shape index (κ1) is 28.1. The van der Waals surface area contributed by atoms with Gasteiger partial charge in [0.15, 0.2) is 11.5 Å². The number of hydrogen-bond donors (Lipinski definition) is 4. The second-order valence-corrected chi connectivity index (χ2v) is 10.2. The van der Waals surface area contributed by atoms with Crippen molar-refractivity contribution >= 4 is 17.6 Å². The Labute approximate surface area is 222 Å². The van der Waals surface area contributed by atoms with E-state index in [1.54, 1.807) is 25.1 Å². The van der Waals surface area contributed by atoms with Gasteiger partial charge in [0.05, 0.1) is 32.3 Å². The van der Waals surface area contributed by atoms with Crippen LogP contribution in [0.4, 0.5) is 0 Å². The molecule has 2 amide bonds. The number of aliphatic hydroxyl groups excluding tert-OH is 3. The van der Waals surface area contributed by atoms with Crippen LogP contribution in [0.1, 0.15) is 68.9 Å². The summed E-state index contributed by atoms with van der Waals surface area (Å²) in [5.41, 5.74) is 1.41. The number of methoxy groups -OCH3 is 1. The number of hydrogen-bond acceptors (Lipinski definition) is 8. The van der Waals surface area contributed by atoms with E-state index in [1.165, 1.54) is 12.0 Å². The van der Waals surface area contributed by atoms with Gasteiger partial charge in [-0.2, -0.15) is 0 Å². The summed E-state index contributed by atoms with van der Waals surface area (Å²) in [5, 5.41) is 33.5. The zero-order chi connectivity index (χ0) is 27.4. The Morgan fingerprint density at radius 1 is 1.13 bits per heavy atom. The third kappa shape index (κ3) is 5.30. The third-order valence-electron chi connectivity index (χ3n) is 7.83. The number of ether oxygens (including phenoxy) is 2. The monoisotopic (exact) mass is 530 g/mol. The Morgan fingerprint density at radius 2 is 1.84 bits per heavy atom. The van der Waals surface area contributed by atoms with Crippen molar-refractivity contribution in [3.63, 3.8) is 0 Å². The van der Waals surface area contributed by atoms with Crippen molar-refractivity contribution < 1.29 is 39.2 Å². The molecule has 0 bridgehead atoms. The molecule has 10 heteroatoms. The minimum atomic E-state index is -1.24. The van der Waals surface area contributed by atoms with Gasteiger partial charge in [0.1, 0.15) is 12.2 Å². The quantitative estimate of drug-likeness (QED) is 0.276. The highest BCUT2D eigenvalue weighted by Gasteiger charge is 2.52. The van der Waals surface area contributed by atoms with Gasteiger partial charge in [0, 0.05) is 30.1 Å². The first-order valence-corrected chi connectivity index (χ1v) is 13.5. The van der Waals surface area contributed by atoms with Crippen LogP contribution in [0.3, 0.4) is 0 Å². The molecule has 38 heavy (non-hydrogen) atoms. The maximum Gasteiger partial charge on any atom is 0.290 e. The summed E-state index contributed by atoms with van der Waals surface area (Å²) < 4.78 is 11.7. The molecule has 2 aliphatic carbocycles. The number of ketones is 1. The predicted molar refractivity (Wildman–Crippen MR) is 138 cm³/mol. The lowest BCUT2D eigenvalue weighted by atomic mass is 9.76. The van der Waals surface area contributed by atoms with Crippen molar-refractivity contribution in [3.8, 4) is 11.5 Å². The number of nitrogens with zero attached hydrogens (tertiary/aromatic N) is 1. The Balaban J connectivity index is 1.84. The summed E-state index contributed by atoms with van der Waals surface area (Å²) in [4.78, 5) is 41.1. The van der Waals surface area contributed by atoms with E-state index in [1.807, 2.05) is 0 Å². The number of fused-ring (bicyclic) bond motifs is 3. The minimum Gasteiger partial charge on any atom is -0.493 e. The number of benzene rings is 1. The van der Waals surface area contributed by atoms with Crippen LogP contribution in [0.5, 0.6) is 11.5 Å². The van der Waals surface area contributed by atoms with Crippen molar-refractivity contribution in [1.82, 2.24) is 10.2 Å². The van der Waals surface area contributed by atoms with Crippen LogP contribution in [0.15, 0.2) is 23.8 Å². The molecule has 1 aliphatic heterocycles. The Morgan fingerprint density at radius 3 is 2.45 bits per heavy atom. The highest BCUT2D eigenvalue weighted by Crippen LogP contribution is 2.51. The molecular weight excluding hydrogens is 492 g/mol. The number of amides is 2. The maximum absolute atomic E-state index is 13.5. The van der Waals surface area contributed by atoms with Crippen molar-refractivity contribution in [3.05, 3.63) is 34.9 Å². The molecule has 1 aromatic carbocycles. The van der Waals surface area contributed by atoms with Gasteiger partial charge in [-0.15, -0.1) is 0 Å². The topological polar surface area (TPSA) is 146 Å². The zero-order valence-electron chi connectivity index (χ0n) is 22.0. The van der Waals surface area contributed by atoms with E-state index in [0.717, 1.165) is 25.7 Å². The molecule has 208 valence electrons. The zero-order valence-corrected chi connectivity index (χ0v) is 22.0. The molecule has 1 heterocycles. The SMILES string of the molecule is CCC(=O)C(=O)N(C1CCCCCC1)C1C=C(C(=O)NCCO)C2c3cc(CO)cc(OC)c3OC2C1O. The Hall–Kier alpha value is -2.95. The number of Topliss-reactive ketones (excluding diaryl/α,β-unsaturated/α-hetero) is 1. The van der Waals surface area contributed by atoms with Crippen LogP contribution in [0.25, 0.3) is 0 Å². The highest BCUT2D eigenvalue weighted by atomic mass is 16.5. The molecule has 0 saturated heterocycles. The molecule has 3 aliphatic rings. The summed E-state index contributed by atoms with van der Waals surface area (Å²) in [7, 11) is 1.47. The van der Waals surface area contributed by atoms with Gasteiger partial charge in [0.25, 0.3) is 5.91 Å². The molecule has 1 saturated carbocycles. The number of aliphatic hydroxyl groups is 3. The van der Waals surface area contributed by atoms with Gasteiger partial charge in [-0.05, 0) is 36.6 Å². The van der Waals surface area contributed by atoms with E-state index in [4.69, 9.17) is 9.47 Å². The van der Waals surface area contributed by atoms with E-state index in [0.29, 0.717) is 35.5 Å². The van der Waals surface area contributed by atoms with Gasteiger partial charge in [-0.1, -0.05) is 32.6 Å². The Bertz CT molecular complexity index is 1080. The van der Waals surface area contributed by atoms with Crippen LogP contribution in [-0.4, -0.2) is 82.4 Å². The first-order valence-electron chi connectivity index (χ1n) is 13.5. The molecule has 4 N–H and O–H groups in total. The Kier molecular flexibility index (Phi) is 9.07. The summed E-state index contributed by atoms with van der Waals surface area (Å²) in [6.07, 6.45) is 4.73. The van der Waals surface area contributed by atoms with Crippen LogP contribution < -0.4 is 14.8 Å². The average Bonchev–Trinajstić information content (AvgIpc) is 3.12. The molecule has 10 nitrogen and oxygen atoms in total. The molecule has 1 fully saturated rings. The summed E-state index contributed by atoms with van der Waals surface area (Å²) in [6.45, 7) is 1.13. The lowest BCUT2D eigenvalue weighted by Gasteiger charge is -2.43. The molecule has 4 rings (SSSR count). The lowest BCUT2D eigenvalue weighted by Crippen LogP contribution is -2.59. The average molecular weight is 531 g/mol. The fraction of sp³-hybridized carbons (Fsp3) is 0.607.